The predicted molar refractivity (Wildman–Crippen MR) is 80.1 cm³/mol. The summed E-state index contributed by atoms with van der Waals surface area (Å²) in [6.07, 6.45) is 8.16. The molecule has 0 aliphatic rings. The van der Waals surface area contributed by atoms with Crippen molar-refractivity contribution >= 4 is 12.2 Å². The van der Waals surface area contributed by atoms with Crippen molar-refractivity contribution in [2.75, 3.05) is 0 Å². The number of hydrogen-bond acceptors (Lipinski definition) is 0. The second-order valence-electron chi connectivity index (χ2n) is 4.00. The van der Waals surface area contributed by atoms with E-state index in [9.17, 15) is 0 Å². The van der Waals surface area contributed by atoms with E-state index in [0.717, 1.165) is 5.57 Å². The monoisotopic (exact) mass is 232 g/mol. The Morgan fingerprint density at radius 1 is 0.778 bits per heavy atom. The molecule has 0 nitrogen and oxygen atoms in total. The average molecular weight is 232 g/mol. The molecule has 0 spiro atoms. The highest BCUT2D eigenvalue weighted by atomic mass is 13.9. The van der Waals surface area contributed by atoms with E-state index in [0.29, 0.717) is 0 Å². The summed E-state index contributed by atoms with van der Waals surface area (Å²) in [6, 6.07) is 20.5. The summed E-state index contributed by atoms with van der Waals surface area (Å²) in [4.78, 5) is 0. The Labute approximate surface area is 109 Å². The molecule has 2 aromatic rings. The Morgan fingerprint density at radius 2 is 1.33 bits per heavy atom. The minimum Gasteiger partial charge on any atom is -0.0985 e. The molecular formula is C18H16. The van der Waals surface area contributed by atoms with Crippen molar-refractivity contribution < 1.29 is 0 Å². The normalized spacial score (nSPS) is 11.7. The van der Waals surface area contributed by atoms with Crippen LogP contribution in [0.25, 0.3) is 12.2 Å². The van der Waals surface area contributed by atoms with E-state index in [1.165, 1.54) is 11.1 Å². The van der Waals surface area contributed by atoms with Gasteiger partial charge >= 0.3 is 0 Å². The van der Waals surface area contributed by atoms with Crippen molar-refractivity contribution in [2.24, 2.45) is 0 Å². The zero-order valence-electron chi connectivity index (χ0n) is 10.3. The van der Waals surface area contributed by atoms with Crippen molar-refractivity contribution in [3.05, 3.63) is 96.1 Å². The van der Waals surface area contributed by atoms with Gasteiger partial charge in [0.1, 0.15) is 0 Å². The van der Waals surface area contributed by atoms with Crippen LogP contribution in [-0.4, -0.2) is 0 Å². The van der Waals surface area contributed by atoms with Gasteiger partial charge in [0.2, 0.25) is 0 Å². The maximum atomic E-state index is 3.85. The first-order valence-corrected chi connectivity index (χ1v) is 6.01. The van der Waals surface area contributed by atoms with Gasteiger partial charge < -0.3 is 0 Å². The molecule has 0 saturated heterocycles. The molecule has 0 heteroatoms. The summed E-state index contributed by atoms with van der Waals surface area (Å²) in [5.74, 6) is 0. The zero-order chi connectivity index (χ0) is 12.6. The quantitative estimate of drug-likeness (QED) is 0.653. The smallest absolute Gasteiger partial charge is 0.0251 e. The van der Waals surface area contributed by atoms with E-state index < -0.39 is 0 Å². The SMILES string of the molecule is C=CC(C=Cc1ccccc1)=Cc1ccccc1. The first-order chi connectivity index (χ1) is 8.88. The van der Waals surface area contributed by atoms with Crippen LogP contribution < -0.4 is 0 Å². The molecule has 0 amide bonds. The van der Waals surface area contributed by atoms with E-state index in [2.05, 4.69) is 49.1 Å². The lowest BCUT2D eigenvalue weighted by Crippen LogP contribution is -1.75. The van der Waals surface area contributed by atoms with Gasteiger partial charge in [-0.1, -0.05) is 85.5 Å². The molecule has 0 aliphatic carbocycles. The van der Waals surface area contributed by atoms with Crippen LogP contribution in [0.5, 0.6) is 0 Å². The maximum absolute atomic E-state index is 3.85. The van der Waals surface area contributed by atoms with Gasteiger partial charge in [0.05, 0.1) is 0 Å². The molecule has 0 aliphatic heterocycles. The molecule has 2 aromatic carbocycles. The summed E-state index contributed by atoms with van der Waals surface area (Å²) in [7, 11) is 0. The fraction of sp³-hybridized carbons (Fsp3) is 0. The van der Waals surface area contributed by atoms with Crippen LogP contribution in [0.3, 0.4) is 0 Å². The van der Waals surface area contributed by atoms with Gasteiger partial charge in [0, 0.05) is 0 Å². The van der Waals surface area contributed by atoms with E-state index in [1.54, 1.807) is 0 Å². The van der Waals surface area contributed by atoms with E-state index >= 15 is 0 Å². The minimum absolute atomic E-state index is 1.10. The molecule has 0 aromatic heterocycles. The molecular weight excluding hydrogens is 216 g/mol. The van der Waals surface area contributed by atoms with Gasteiger partial charge in [-0.05, 0) is 22.8 Å². The molecule has 0 fully saturated rings. The van der Waals surface area contributed by atoms with Crippen molar-refractivity contribution in [1.29, 1.82) is 0 Å². The summed E-state index contributed by atoms with van der Waals surface area (Å²) in [5, 5.41) is 0. The first kappa shape index (κ1) is 12.1. The van der Waals surface area contributed by atoms with Gasteiger partial charge in [0.15, 0.2) is 0 Å². The van der Waals surface area contributed by atoms with Crippen molar-refractivity contribution in [2.45, 2.75) is 0 Å². The Balaban J connectivity index is 2.18. The van der Waals surface area contributed by atoms with Crippen molar-refractivity contribution in [3.63, 3.8) is 0 Å². The fourth-order valence-electron chi connectivity index (χ4n) is 1.67. The highest BCUT2D eigenvalue weighted by Gasteiger charge is 1.89. The fourth-order valence-corrected chi connectivity index (χ4v) is 1.67. The lowest BCUT2D eigenvalue weighted by atomic mass is 10.1. The third-order valence-corrected chi connectivity index (χ3v) is 2.64. The Morgan fingerprint density at radius 3 is 1.89 bits per heavy atom. The van der Waals surface area contributed by atoms with Crippen LogP contribution in [0.15, 0.2) is 85.0 Å². The molecule has 0 radical (unpaired) electrons. The molecule has 0 atom stereocenters. The molecule has 0 unspecified atom stereocenters. The van der Waals surface area contributed by atoms with Crippen LogP contribution >= 0.6 is 0 Å². The largest absolute Gasteiger partial charge is 0.0985 e. The first-order valence-electron chi connectivity index (χ1n) is 6.01. The van der Waals surface area contributed by atoms with Crippen molar-refractivity contribution in [1.82, 2.24) is 0 Å². The Hall–Kier alpha value is -2.34. The van der Waals surface area contributed by atoms with Crippen LogP contribution in [0.2, 0.25) is 0 Å². The van der Waals surface area contributed by atoms with Gasteiger partial charge in [-0.25, -0.2) is 0 Å². The van der Waals surface area contributed by atoms with Crippen LogP contribution in [-0.2, 0) is 0 Å². The number of rotatable bonds is 4. The topological polar surface area (TPSA) is 0 Å². The highest BCUT2D eigenvalue weighted by molar-refractivity contribution is 5.64. The summed E-state index contributed by atoms with van der Waals surface area (Å²) in [5.41, 5.74) is 3.48. The summed E-state index contributed by atoms with van der Waals surface area (Å²) >= 11 is 0. The summed E-state index contributed by atoms with van der Waals surface area (Å²) in [6.45, 7) is 3.85. The van der Waals surface area contributed by atoms with Gasteiger partial charge in [-0.3, -0.25) is 0 Å². The van der Waals surface area contributed by atoms with E-state index in [-0.39, 0.29) is 0 Å². The van der Waals surface area contributed by atoms with Gasteiger partial charge in [-0.2, -0.15) is 0 Å². The van der Waals surface area contributed by atoms with E-state index in [1.807, 2.05) is 42.5 Å². The molecule has 0 heterocycles. The summed E-state index contributed by atoms with van der Waals surface area (Å²) < 4.78 is 0. The number of allylic oxidation sites excluding steroid dienone is 3. The lowest BCUT2D eigenvalue weighted by molar-refractivity contribution is 1.63. The second kappa shape index (κ2) is 6.41. The van der Waals surface area contributed by atoms with Crippen LogP contribution in [0.1, 0.15) is 11.1 Å². The standard InChI is InChI=1S/C18H16/c1-2-16(15-18-11-7-4-8-12-18)13-14-17-9-5-3-6-10-17/h2-15H,1H2. The number of hydrogen-bond donors (Lipinski definition) is 0. The van der Waals surface area contributed by atoms with Crippen LogP contribution in [0, 0.1) is 0 Å². The predicted octanol–water partition coefficient (Wildman–Crippen LogP) is 4.97. The molecule has 88 valence electrons. The van der Waals surface area contributed by atoms with E-state index in [4.69, 9.17) is 0 Å². The van der Waals surface area contributed by atoms with Crippen molar-refractivity contribution in [3.8, 4) is 0 Å². The van der Waals surface area contributed by atoms with Crippen LogP contribution in [0.4, 0.5) is 0 Å². The Kier molecular flexibility index (Phi) is 4.32. The molecule has 2 rings (SSSR count). The lowest BCUT2D eigenvalue weighted by Gasteiger charge is -1.96. The second-order valence-corrected chi connectivity index (χ2v) is 4.00. The van der Waals surface area contributed by atoms with Gasteiger partial charge in [-0.15, -0.1) is 0 Å². The third kappa shape index (κ3) is 3.60. The zero-order valence-corrected chi connectivity index (χ0v) is 10.3. The Bertz CT molecular complexity index is 545. The molecule has 18 heavy (non-hydrogen) atoms. The maximum Gasteiger partial charge on any atom is -0.0251 e. The van der Waals surface area contributed by atoms with Gasteiger partial charge in [0.25, 0.3) is 0 Å². The minimum atomic E-state index is 1.10. The molecule has 0 bridgehead atoms. The third-order valence-electron chi connectivity index (χ3n) is 2.64. The highest BCUT2D eigenvalue weighted by Crippen LogP contribution is 2.11. The average Bonchev–Trinajstić information content (AvgIpc) is 2.45. The number of benzene rings is 2. The molecule has 0 saturated carbocycles. The molecule has 0 N–H and O–H groups in total.